The molecule has 0 aromatic carbocycles. The summed E-state index contributed by atoms with van der Waals surface area (Å²) in [5.41, 5.74) is 0. The summed E-state index contributed by atoms with van der Waals surface area (Å²) in [7, 11) is 0. The molecule has 0 heterocycles. The summed E-state index contributed by atoms with van der Waals surface area (Å²) in [6.45, 7) is 13.5. The highest BCUT2D eigenvalue weighted by Gasteiger charge is 2.24. The van der Waals surface area contributed by atoms with E-state index in [-0.39, 0.29) is 0 Å². The molecule has 1 fully saturated rings. The van der Waals surface area contributed by atoms with E-state index in [0.717, 1.165) is 17.8 Å². The Hall–Kier alpha value is -0.0400. The quantitative estimate of drug-likeness (QED) is 0.694. The Morgan fingerprint density at radius 1 is 1.13 bits per heavy atom. The third-order valence-corrected chi connectivity index (χ3v) is 3.44. The topological polar surface area (TPSA) is 12.0 Å². The molecule has 0 aliphatic heterocycles. The van der Waals surface area contributed by atoms with E-state index in [0.29, 0.717) is 0 Å². The molecule has 0 bridgehead atoms. The predicted octanol–water partition coefficient (Wildman–Crippen LogP) is 4.08. The van der Waals surface area contributed by atoms with E-state index in [9.17, 15) is 0 Å². The Bertz CT molecular complexity index is 133. The molecule has 1 heteroatoms. The zero-order chi connectivity index (χ0) is 11.7. The molecule has 3 unspecified atom stereocenters. The van der Waals surface area contributed by atoms with Crippen LogP contribution in [0, 0.1) is 17.8 Å². The number of hydrogen-bond acceptors (Lipinski definition) is 1. The van der Waals surface area contributed by atoms with Gasteiger partial charge in [0.25, 0.3) is 0 Å². The number of rotatable bonds is 4. The highest BCUT2D eigenvalue weighted by Crippen LogP contribution is 2.32. The molecule has 1 nitrogen and oxygen atoms in total. The summed E-state index contributed by atoms with van der Waals surface area (Å²) in [4.78, 5) is 0. The van der Waals surface area contributed by atoms with Crippen molar-refractivity contribution in [1.82, 2.24) is 5.32 Å². The van der Waals surface area contributed by atoms with Crippen LogP contribution < -0.4 is 5.32 Å². The van der Waals surface area contributed by atoms with E-state index in [1.165, 1.54) is 38.8 Å². The van der Waals surface area contributed by atoms with Gasteiger partial charge in [-0.15, -0.1) is 0 Å². The first-order chi connectivity index (χ1) is 7.24. The van der Waals surface area contributed by atoms with Gasteiger partial charge in [0.2, 0.25) is 0 Å². The van der Waals surface area contributed by atoms with E-state index in [2.05, 4.69) is 26.1 Å². The predicted molar refractivity (Wildman–Crippen MR) is 70.2 cm³/mol. The van der Waals surface area contributed by atoms with Crippen LogP contribution in [0.4, 0.5) is 0 Å². The lowest BCUT2D eigenvalue weighted by atomic mass is 9.75. The van der Waals surface area contributed by atoms with Crippen LogP contribution in [0.25, 0.3) is 0 Å². The van der Waals surface area contributed by atoms with Crippen LogP contribution in [0.2, 0.25) is 0 Å². The van der Waals surface area contributed by atoms with E-state index >= 15 is 0 Å². The fourth-order valence-corrected chi connectivity index (χ4v) is 2.50. The number of hydrogen-bond donors (Lipinski definition) is 1. The van der Waals surface area contributed by atoms with E-state index < -0.39 is 0 Å². The molecular weight excluding hydrogens is 182 g/mol. The lowest BCUT2D eigenvalue weighted by molar-refractivity contribution is 0.200. The average molecular weight is 213 g/mol. The Kier molecular flexibility index (Phi) is 9.18. The van der Waals surface area contributed by atoms with Crippen LogP contribution in [0.5, 0.6) is 0 Å². The minimum atomic E-state index is 0.938. The van der Waals surface area contributed by atoms with Crippen molar-refractivity contribution in [3.63, 3.8) is 0 Å². The smallest absolute Gasteiger partial charge is 0.00180 e. The van der Waals surface area contributed by atoms with Crippen LogP contribution in [0.15, 0.2) is 0 Å². The first-order valence-corrected chi connectivity index (χ1v) is 6.94. The van der Waals surface area contributed by atoms with Crippen LogP contribution >= 0.6 is 0 Å². The molecule has 0 amide bonds. The lowest BCUT2D eigenvalue weighted by Gasteiger charge is -2.32. The van der Waals surface area contributed by atoms with Crippen molar-refractivity contribution in [3.05, 3.63) is 0 Å². The van der Waals surface area contributed by atoms with Crippen LogP contribution in [-0.4, -0.2) is 13.1 Å². The molecule has 1 aliphatic carbocycles. The summed E-state index contributed by atoms with van der Waals surface area (Å²) in [5, 5.41) is 3.55. The third kappa shape index (κ3) is 6.19. The summed E-state index contributed by atoms with van der Waals surface area (Å²) < 4.78 is 0. The molecule has 1 aliphatic rings. The molecule has 0 aromatic heterocycles. The standard InChI is InChI=1S/C12H25N.C2H6/c1-4-7-13-9-12-6-5-10(2)8-11(12)3;1-2/h10-13H,4-9H2,1-3H3;1-2H3. The van der Waals surface area contributed by atoms with Gasteiger partial charge in [0.15, 0.2) is 0 Å². The Morgan fingerprint density at radius 2 is 1.80 bits per heavy atom. The van der Waals surface area contributed by atoms with Crippen molar-refractivity contribution < 1.29 is 0 Å². The van der Waals surface area contributed by atoms with Gasteiger partial charge in [0.1, 0.15) is 0 Å². The highest BCUT2D eigenvalue weighted by molar-refractivity contribution is 4.77. The fourth-order valence-electron chi connectivity index (χ4n) is 2.50. The molecular formula is C14H31N. The Balaban J connectivity index is 0.000000921. The van der Waals surface area contributed by atoms with Crippen molar-refractivity contribution in [3.8, 4) is 0 Å². The molecule has 0 radical (unpaired) electrons. The maximum Gasteiger partial charge on any atom is -0.00180 e. The van der Waals surface area contributed by atoms with Gasteiger partial charge < -0.3 is 5.32 Å². The van der Waals surface area contributed by atoms with Crippen molar-refractivity contribution in [1.29, 1.82) is 0 Å². The second kappa shape index (κ2) is 9.21. The van der Waals surface area contributed by atoms with Gasteiger partial charge in [-0.3, -0.25) is 0 Å². The molecule has 0 spiro atoms. The molecule has 15 heavy (non-hydrogen) atoms. The maximum atomic E-state index is 3.55. The first-order valence-electron chi connectivity index (χ1n) is 6.94. The van der Waals surface area contributed by atoms with Crippen LogP contribution in [0.1, 0.15) is 60.3 Å². The second-order valence-corrected chi connectivity index (χ2v) is 4.86. The Morgan fingerprint density at radius 3 is 2.33 bits per heavy atom. The van der Waals surface area contributed by atoms with Gasteiger partial charge in [0, 0.05) is 0 Å². The molecule has 0 saturated heterocycles. The van der Waals surface area contributed by atoms with Gasteiger partial charge in [-0.05, 0) is 50.1 Å². The van der Waals surface area contributed by atoms with E-state index in [1.54, 1.807) is 0 Å². The van der Waals surface area contributed by atoms with Gasteiger partial charge >= 0.3 is 0 Å². The lowest BCUT2D eigenvalue weighted by Crippen LogP contribution is -2.31. The summed E-state index contributed by atoms with van der Waals surface area (Å²) >= 11 is 0. The fraction of sp³-hybridized carbons (Fsp3) is 1.00. The molecule has 3 atom stereocenters. The Labute approximate surface area is 97.0 Å². The minimum Gasteiger partial charge on any atom is -0.316 e. The molecule has 1 N–H and O–H groups in total. The molecule has 92 valence electrons. The SMILES string of the molecule is CC.CCCNCC1CCC(C)CC1C. The van der Waals surface area contributed by atoms with Gasteiger partial charge in [-0.2, -0.15) is 0 Å². The third-order valence-electron chi connectivity index (χ3n) is 3.44. The molecule has 0 aromatic rings. The summed E-state index contributed by atoms with van der Waals surface area (Å²) in [6, 6.07) is 0. The highest BCUT2D eigenvalue weighted by atomic mass is 14.9. The maximum absolute atomic E-state index is 3.55. The minimum absolute atomic E-state index is 0.938. The van der Waals surface area contributed by atoms with Crippen molar-refractivity contribution >= 4 is 0 Å². The zero-order valence-electron chi connectivity index (χ0n) is 11.5. The van der Waals surface area contributed by atoms with Crippen molar-refractivity contribution in [2.24, 2.45) is 17.8 Å². The largest absolute Gasteiger partial charge is 0.316 e. The molecule has 1 rings (SSSR count). The van der Waals surface area contributed by atoms with Crippen molar-refractivity contribution in [2.75, 3.05) is 13.1 Å². The van der Waals surface area contributed by atoms with Crippen molar-refractivity contribution in [2.45, 2.75) is 60.3 Å². The monoisotopic (exact) mass is 213 g/mol. The number of nitrogens with one attached hydrogen (secondary N) is 1. The summed E-state index contributed by atoms with van der Waals surface area (Å²) in [6.07, 6.45) is 5.60. The normalized spacial score (nSPS) is 30.6. The van der Waals surface area contributed by atoms with Gasteiger partial charge in [-0.1, -0.05) is 41.0 Å². The average Bonchev–Trinajstić information content (AvgIpc) is 2.24. The second-order valence-electron chi connectivity index (χ2n) is 4.86. The summed E-state index contributed by atoms with van der Waals surface area (Å²) in [5.74, 6) is 2.85. The van der Waals surface area contributed by atoms with E-state index in [4.69, 9.17) is 0 Å². The van der Waals surface area contributed by atoms with Gasteiger partial charge in [0.05, 0.1) is 0 Å². The first kappa shape index (κ1) is 15.0. The van der Waals surface area contributed by atoms with E-state index in [1.807, 2.05) is 13.8 Å². The molecule has 1 saturated carbocycles. The van der Waals surface area contributed by atoms with Gasteiger partial charge in [-0.25, -0.2) is 0 Å². The van der Waals surface area contributed by atoms with Crippen LogP contribution in [0.3, 0.4) is 0 Å². The van der Waals surface area contributed by atoms with Crippen LogP contribution in [-0.2, 0) is 0 Å². The zero-order valence-corrected chi connectivity index (χ0v) is 11.5.